The van der Waals surface area contributed by atoms with Gasteiger partial charge in [0.1, 0.15) is 18.2 Å². The summed E-state index contributed by atoms with van der Waals surface area (Å²) in [5.41, 5.74) is 2.00. The van der Waals surface area contributed by atoms with Crippen molar-refractivity contribution in [2.75, 3.05) is 10.6 Å². The van der Waals surface area contributed by atoms with Gasteiger partial charge in [-0.2, -0.15) is 4.98 Å². The van der Waals surface area contributed by atoms with Crippen LogP contribution in [0.4, 0.5) is 17.5 Å². The second kappa shape index (κ2) is 7.87. The van der Waals surface area contributed by atoms with Crippen molar-refractivity contribution in [3.63, 3.8) is 0 Å². The smallest absolute Gasteiger partial charge is 0.225 e. The first kappa shape index (κ1) is 17.7. The monoisotopic (exact) mass is 348 g/mol. The van der Waals surface area contributed by atoms with Crippen LogP contribution in [-0.2, 0) is 6.61 Å². The van der Waals surface area contributed by atoms with E-state index in [-0.39, 0.29) is 5.54 Å². The minimum atomic E-state index is -0.0869. The van der Waals surface area contributed by atoms with Gasteiger partial charge in [0.2, 0.25) is 5.95 Å². The van der Waals surface area contributed by atoms with Crippen LogP contribution in [0.25, 0.3) is 0 Å². The maximum absolute atomic E-state index is 5.81. The molecule has 5 nitrogen and oxygen atoms in total. The lowest BCUT2D eigenvalue weighted by atomic mass is 10.1. The number of nitrogens with one attached hydrogen (secondary N) is 2. The third-order valence-electron chi connectivity index (χ3n) is 3.52. The Morgan fingerprint density at radius 3 is 2.35 bits per heavy atom. The van der Waals surface area contributed by atoms with Crippen LogP contribution in [0.2, 0.25) is 0 Å². The molecule has 0 saturated carbocycles. The summed E-state index contributed by atoms with van der Waals surface area (Å²) in [5, 5.41) is 6.55. The van der Waals surface area contributed by atoms with Crippen molar-refractivity contribution in [3.05, 3.63) is 72.4 Å². The van der Waals surface area contributed by atoms with Crippen molar-refractivity contribution in [1.29, 1.82) is 0 Å². The van der Waals surface area contributed by atoms with Gasteiger partial charge < -0.3 is 15.4 Å². The fourth-order valence-corrected chi connectivity index (χ4v) is 2.35. The zero-order valence-corrected chi connectivity index (χ0v) is 15.4. The Bertz CT molecular complexity index is 827. The molecule has 0 saturated heterocycles. The fourth-order valence-electron chi connectivity index (χ4n) is 2.35. The van der Waals surface area contributed by atoms with Crippen molar-refractivity contribution < 1.29 is 4.74 Å². The number of ether oxygens (including phenoxy) is 1. The van der Waals surface area contributed by atoms with Gasteiger partial charge in [-0.1, -0.05) is 30.3 Å². The molecular formula is C21H24N4O. The minimum Gasteiger partial charge on any atom is -0.489 e. The standard InChI is InChI=1S/C21H24N4O/c1-21(2,3)25-20-22-14-13-19(24-20)23-17-9-11-18(12-10-17)26-15-16-7-5-4-6-8-16/h4-14H,15H2,1-3H3,(H2,22,23,24,25). The molecule has 0 amide bonds. The summed E-state index contributed by atoms with van der Waals surface area (Å²) < 4.78 is 5.81. The summed E-state index contributed by atoms with van der Waals surface area (Å²) in [6.07, 6.45) is 1.74. The van der Waals surface area contributed by atoms with Gasteiger partial charge in [-0.15, -0.1) is 0 Å². The zero-order valence-electron chi connectivity index (χ0n) is 15.4. The Kier molecular flexibility index (Phi) is 5.37. The summed E-state index contributed by atoms with van der Waals surface area (Å²) >= 11 is 0. The van der Waals surface area contributed by atoms with Crippen LogP contribution in [0.15, 0.2) is 66.9 Å². The highest BCUT2D eigenvalue weighted by molar-refractivity contribution is 5.57. The zero-order chi connectivity index (χ0) is 18.4. The predicted molar refractivity (Wildman–Crippen MR) is 106 cm³/mol. The lowest BCUT2D eigenvalue weighted by Gasteiger charge is -2.20. The van der Waals surface area contributed by atoms with E-state index >= 15 is 0 Å². The normalized spacial score (nSPS) is 11.0. The molecule has 1 heterocycles. The molecule has 3 rings (SSSR count). The summed E-state index contributed by atoms with van der Waals surface area (Å²) in [6, 6.07) is 19.8. The van der Waals surface area contributed by atoms with E-state index in [1.54, 1.807) is 6.20 Å². The average Bonchev–Trinajstić information content (AvgIpc) is 2.61. The highest BCUT2D eigenvalue weighted by Crippen LogP contribution is 2.20. The predicted octanol–water partition coefficient (Wildman–Crippen LogP) is 5.01. The summed E-state index contributed by atoms with van der Waals surface area (Å²) in [6.45, 7) is 6.78. The van der Waals surface area contributed by atoms with Crippen LogP contribution in [0.5, 0.6) is 5.75 Å². The van der Waals surface area contributed by atoms with Crippen LogP contribution >= 0.6 is 0 Å². The van der Waals surface area contributed by atoms with Gasteiger partial charge in [-0.3, -0.25) is 0 Å². The molecule has 0 aliphatic heterocycles. The highest BCUT2D eigenvalue weighted by atomic mass is 16.5. The van der Waals surface area contributed by atoms with Crippen molar-refractivity contribution in [3.8, 4) is 5.75 Å². The molecule has 5 heteroatoms. The lowest BCUT2D eigenvalue weighted by Crippen LogP contribution is -2.27. The van der Waals surface area contributed by atoms with Gasteiger partial charge in [0.05, 0.1) is 0 Å². The van der Waals surface area contributed by atoms with Crippen molar-refractivity contribution in [2.24, 2.45) is 0 Å². The molecule has 0 aliphatic rings. The van der Waals surface area contributed by atoms with Crippen molar-refractivity contribution in [1.82, 2.24) is 9.97 Å². The van der Waals surface area contributed by atoms with Crippen molar-refractivity contribution >= 4 is 17.5 Å². The van der Waals surface area contributed by atoms with Crippen LogP contribution in [0.1, 0.15) is 26.3 Å². The van der Waals surface area contributed by atoms with Gasteiger partial charge in [-0.25, -0.2) is 4.98 Å². The SMILES string of the molecule is CC(C)(C)Nc1nccc(Nc2ccc(OCc3ccccc3)cc2)n1. The highest BCUT2D eigenvalue weighted by Gasteiger charge is 2.11. The van der Waals surface area contributed by atoms with Crippen LogP contribution < -0.4 is 15.4 Å². The molecule has 0 aliphatic carbocycles. The van der Waals surface area contributed by atoms with E-state index in [4.69, 9.17) is 4.74 Å². The largest absolute Gasteiger partial charge is 0.489 e. The number of hydrogen-bond donors (Lipinski definition) is 2. The molecule has 2 N–H and O–H groups in total. The molecule has 134 valence electrons. The van der Waals surface area contributed by atoms with E-state index < -0.39 is 0 Å². The van der Waals surface area contributed by atoms with E-state index in [1.807, 2.05) is 60.7 Å². The first-order valence-electron chi connectivity index (χ1n) is 8.63. The second-order valence-corrected chi connectivity index (χ2v) is 7.06. The number of hydrogen-bond acceptors (Lipinski definition) is 5. The van der Waals surface area contributed by atoms with Crippen LogP contribution in [0, 0.1) is 0 Å². The Balaban J connectivity index is 1.60. The molecule has 0 fully saturated rings. The molecule has 0 atom stereocenters. The van der Waals surface area contributed by atoms with Gasteiger partial charge in [0.25, 0.3) is 0 Å². The molecule has 0 bridgehead atoms. The Labute approximate surface area is 154 Å². The van der Waals surface area contributed by atoms with Gasteiger partial charge in [0, 0.05) is 17.4 Å². The number of anilines is 3. The number of rotatable bonds is 6. The van der Waals surface area contributed by atoms with E-state index in [9.17, 15) is 0 Å². The maximum Gasteiger partial charge on any atom is 0.225 e. The summed E-state index contributed by atoms with van der Waals surface area (Å²) in [7, 11) is 0. The molecule has 0 spiro atoms. The average molecular weight is 348 g/mol. The Morgan fingerprint density at radius 1 is 0.923 bits per heavy atom. The number of aromatic nitrogens is 2. The molecule has 3 aromatic rings. The Morgan fingerprint density at radius 2 is 1.65 bits per heavy atom. The Hall–Kier alpha value is -3.08. The number of benzene rings is 2. The second-order valence-electron chi connectivity index (χ2n) is 7.06. The maximum atomic E-state index is 5.81. The number of nitrogens with zero attached hydrogens (tertiary/aromatic N) is 2. The summed E-state index contributed by atoms with van der Waals surface area (Å²) in [5.74, 6) is 2.17. The quantitative estimate of drug-likeness (QED) is 0.656. The van der Waals surface area contributed by atoms with Crippen LogP contribution in [0.3, 0.4) is 0 Å². The third-order valence-corrected chi connectivity index (χ3v) is 3.52. The topological polar surface area (TPSA) is 59.1 Å². The first-order valence-corrected chi connectivity index (χ1v) is 8.63. The van der Waals surface area contributed by atoms with E-state index in [0.717, 1.165) is 22.8 Å². The summed E-state index contributed by atoms with van der Waals surface area (Å²) in [4.78, 5) is 8.74. The minimum absolute atomic E-state index is 0.0869. The van der Waals surface area contributed by atoms with E-state index in [2.05, 4.69) is 41.4 Å². The third kappa shape index (κ3) is 5.48. The molecule has 0 unspecified atom stereocenters. The first-order chi connectivity index (χ1) is 12.5. The molecular weight excluding hydrogens is 324 g/mol. The van der Waals surface area contributed by atoms with Gasteiger partial charge in [-0.05, 0) is 56.7 Å². The molecule has 26 heavy (non-hydrogen) atoms. The fraction of sp³-hybridized carbons (Fsp3) is 0.238. The molecule has 2 aromatic carbocycles. The van der Waals surface area contributed by atoms with Crippen LogP contribution in [-0.4, -0.2) is 15.5 Å². The van der Waals surface area contributed by atoms with Gasteiger partial charge in [0.15, 0.2) is 0 Å². The molecule has 1 aromatic heterocycles. The molecule has 0 radical (unpaired) electrons. The lowest BCUT2D eigenvalue weighted by molar-refractivity contribution is 0.306. The van der Waals surface area contributed by atoms with E-state index in [1.165, 1.54) is 0 Å². The van der Waals surface area contributed by atoms with Crippen molar-refractivity contribution in [2.45, 2.75) is 32.9 Å². The van der Waals surface area contributed by atoms with Gasteiger partial charge >= 0.3 is 0 Å². The van der Waals surface area contributed by atoms with E-state index in [0.29, 0.717) is 12.6 Å².